The van der Waals surface area contributed by atoms with Gasteiger partial charge in [-0.1, -0.05) is 63.2 Å². The lowest BCUT2D eigenvalue weighted by atomic mass is 10.0. The number of benzene rings is 2. The van der Waals surface area contributed by atoms with Crippen molar-refractivity contribution in [1.82, 2.24) is 14.7 Å². The summed E-state index contributed by atoms with van der Waals surface area (Å²) in [7, 11) is 0. The number of aryl methyl sites for hydroxylation is 1. The first kappa shape index (κ1) is 20.3. The molecule has 1 saturated carbocycles. The molecule has 0 N–H and O–H groups in total. The van der Waals surface area contributed by atoms with Crippen molar-refractivity contribution in [3.63, 3.8) is 0 Å². The molecule has 2 aromatic carbocycles. The fourth-order valence-corrected chi connectivity index (χ4v) is 3.85. The lowest BCUT2D eigenvalue weighted by Crippen LogP contribution is -2.35. The normalized spacial score (nSPS) is 13.7. The van der Waals surface area contributed by atoms with Gasteiger partial charge in [-0.3, -0.25) is 9.59 Å². The Morgan fingerprint density at radius 2 is 1.77 bits per heavy atom. The summed E-state index contributed by atoms with van der Waals surface area (Å²) in [4.78, 5) is 28.3. The van der Waals surface area contributed by atoms with E-state index in [1.165, 1.54) is 10.2 Å². The zero-order valence-electron chi connectivity index (χ0n) is 18.0. The molecule has 0 aliphatic heterocycles. The van der Waals surface area contributed by atoms with Gasteiger partial charge in [0.25, 0.3) is 11.5 Å². The Bertz CT molecular complexity index is 1110. The van der Waals surface area contributed by atoms with Gasteiger partial charge in [-0.2, -0.15) is 5.10 Å². The van der Waals surface area contributed by atoms with E-state index in [1.807, 2.05) is 30.0 Å². The largest absolute Gasteiger partial charge is 0.330 e. The molecule has 5 heteroatoms. The van der Waals surface area contributed by atoms with E-state index >= 15 is 0 Å². The number of hydrogen-bond acceptors (Lipinski definition) is 3. The second-order valence-electron chi connectivity index (χ2n) is 8.48. The van der Waals surface area contributed by atoms with Crippen molar-refractivity contribution < 1.29 is 4.79 Å². The molecule has 1 heterocycles. The SMILES string of the molecule is CCCn1nc(C(=O)N(Cc2ccc(C(C)C)cc2)C2CC2)c2ccccc2c1=O. The van der Waals surface area contributed by atoms with E-state index in [0.717, 1.165) is 24.8 Å². The zero-order chi connectivity index (χ0) is 21.3. The lowest BCUT2D eigenvalue weighted by molar-refractivity contribution is 0.0723. The van der Waals surface area contributed by atoms with Gasteiger partial charge in [0.2, 0.25) is 0 Å². The van der Waals surface area contributed by atoms with Gasteiger partial charge in [0.05, 0.1) is 5.39 Å². The van der Waals surface area contributed by atoms with Crippen LogP contribution in [0, 0.1) is 0 Å². The number of rotatable bonds is 7. The predicted octanol–water partition coefficient (Wildman–Crippen LogP) is 4.73. The molecule has 0 spiro atoms. The third-order valence-corrected chi connectivity index (χ3v) is 5.75. The van der Waals surface area contributed by atoms with E-state index < -0.39 is 0 Å². The van der Waals surface area contributed by atoms with Gasteiger partial charge in [0, 0.05) is 24.5 Å². The van der Waals surface area contributed by atoms with E-state index in [0.29, 0.717) is 35.5 Å². The molecule has 1 aromatic heterocycles. The lowest BCUT2D eigenvalue weighted by Gasteiger charge is -2.23. The van der Waals surface area contributed by atoms with E-state index in [2.05, 4.69) is 43.2 Å². The van der Waals surface area contributed by atoms with Crippen LogP contribution >= 0.6 is 0 Å². The quantitative estimate of drug-likeness (QED) is 0.573. The minimum atomic E-state index is -0.133. The molecule has 1 aliphatic carbocycles. The van der Waals surface area contributed by atoms with Crippen LogP contribution in [-0.4, -0.2) is 26.6 Å². The smallest absolute Gasteiger partial charge is 0.275 e. The maximum Gasteiger partial charge on any atom is 0.275 e. The molecule has 30 heavy (non-hydrogen) atoms. The number of hydrogen-bond donors (Lipinski definition) is 0. The average Bonchev–Trinajstić information content (AvgIpc) is 3.59. The summed E-state index contributed by atoms with van der Waals surface area (Å²) in [6, 6.07) is 16.1. The first-order valence-corrected chi connectivity index (χ1v) is 10.9. The Kier molecular flexibility index (Phi) is 5.71. The highest BCUT2D eigenvalue weighted by Crippen LogP contribution is 2.31. The number of carbonyl (C=O) groups excluding carboxylic acids is 1. The number of amides is 1. The molecule has 1 fully saturated rings. The van der Waals surface area contributed by atoms with Crippen LogP contribution in [0.25, 0.3) is 10.8 Å². The Hall–Kier alpha value is -2.95. The number of fused-ring (bicyclic) bond motifs is 1. The molecule has 5 nitrogen and oxygen atoms in total. The van der Waals surface area contributed by atoms with Crippen LogP contribution in [0.15, 0.2) is 53.3 Å². The van der Waals surface area contributed by atoms with Crippen molar-refractivity contribution in [2.24, 2.45) is 0 Å². The van der Waals surface area contributed by atoms with Gasteiger partial charge in [0.15, 0.2) is 5.69 Å². The van der Waals surface area contributed by atoms with Crippen LogP contribution in [0.1, 0.15) is 67.6 Å². The molecule has 0 unspecified atom stereocenters. The number of aromatic nitrogens is 2. The van der Waals surface area contributed by atoms with Gasteiger partial charge >= 0.3 is 0 Å². The van der Waals surface area contributed by atoms with Crippen LogP contribution in [0.3, 0.4) is 0 Å². The van der Waals surface area contributed by atoms with Gasteiger partial charge in [-0.25, -0.2) is 4.68 Å². The molecule has 0 bridgehead atoms. The number of nitrogens with zero attached hydrogens (tertiary/aromatic N) is 3. The standard InChI is InChI=1S/C25H29N3O2/c1-4-15-28-24(29)22-8-6-5-7-21(22)23(26-28)25(30)27(20-13-14-20)16-18-9-11-19(12-10-18)17(2)3/h5-12,17,20H,4,13-16H2,1-3H3. The highest BCUT2D eigenvalue weighted by molar-refractivity contribution is 6.05. The second kappa shape index (κ2) is 8.42. The predicted molar refractivity (Wildman–Crippen MR) is 120 cm³/mol. The second-order valence-corrected chi connectivity index (χ2v) is 8.48. The van der Waals surface area contributed by atoms with Crippen molar-refractivity contribution >= 4 is 16.7 Å². The summed E-state index contributed by atoms with van der Waals surface area (Å²) in [5.74, 6) is 0.391. The molecular weight excluding hydrogens is 374 g/mol. The minimum absolute atomic E-state index is 0.0912. The first-order valence-electron chi connectivity index (χ1n) is 10.9. The maximum absolute atomic E-state index is 13.6. The molecule has 0 atom stereocenters. The van der Waals surface area contributed by atoms with Crippen molar-refractivity contribution in [3.05, 3.63) is 75.7 Å². The van der Waals surface area contributed by atoms with Crippen LogP contribution in [0.2, 0.25) is 0 Å². The minimum Gasteiger partial charge on any atom is -0.330 e. The Morgan fingerprint density at radius 1 is 1.10 bits per heavy atom. The topological polar surface area (TPSA) is 55.2 Å². The average molecular weight is 404 g/mol. The summed E-state index contributed by atoms with van der Waals surface area (Å²) < 4.78 is 1.44. The van der Waals surface area contributed by atoms with Gasteiger partial charge in [-0.15, -0.1) is 0 Å². The molecule has 0 radical (unpaired) electrons. The van der Waals surface area contributed by atoms with Crippen molar-refractivity contribution in [3.8, 4) is 0 Å². The molecule has 156 valence electrons. The third kappa shape index (κ3) is 4.02. The van der Waals surface area contributed by atoms with Crippen LogP contribution in [0.4, 0.5) is 0 Å². The molecule has 1 aliphatic rings. The zero-order valence-corrected chi connectivity index (χ0v) is 18.0. The van der Waals surface area contributed by atoms with Crippen LogP contribution < -0.4 is 5.56 Å². The van der Waals surface area contributed by atoms with Gasteiger partial charge in [-0.05, 0) is 42.4 Å². The van der Waals surface area contributed by atoms with E-state index in [4.69, 9.17) is 0 Å². The fraction of sp³-hybridized carbons (Fsp3) is 0.400. The summed E-state index contributed by atoms with van der Waals surface area (Å²) in [5, 5.41) is 5.71. The highest BCUT2D eigenvalue weighted by atomic mass is 16.2. The van der Waals surface area contributed by atoms with Crippen molar-refractivity contribution in [2.75, 3.05) is 0 Å². The monoisotopic (exact) mass is 403 g/mol. The van der Waals surface area contributed by atoms with Crippen molar-refractivity contribution in [2.45, 2.75) is 65.1 Å². The summed E-state index contributed by atoms with van der Waals surface area (Å²) >= 11 is 0. The fourth-order valence-electron chi connectivity index (χ4n) is 3.85. The Labute approximate surface area is 177 Å². The van der Waals surface area contributed by atoms with E-state index in [-0.39, 0.29) is 17.5 Å². The van der Waals surface area contributed by atoms with Gasteiger partial charge in [0.1, 0.15) is 0 Å². The highest BCUT2D eigenvalue weighted by Gasteiger charge is 2.34. The van der Waals surface area contributed by atoms with Crippen LogP contribution in [-0.2, 0) is 13.1 Å². The van der Waals surface area contributed by atoms with Crippen LogP contribution in [0.5, 0.6) is 0 Å². The van der Waals surface area contributed by atoms with E-state index in [9.17, 15) is 9.59 Å². The molecule has 4 rings (SSSR count). The van der Waals surface area contributed by atoms with Gasteiger partial charge < -0.3 is 4.90 Å². The molecule has 1 amide bonds. The summed E-state index contributed by atoms with van der Waals surface area (Å²) in [5.41, 5.74) is 2.66. The molecular formula is C25H29N3O2. The Morgan fingerprint density at radius 3 is 2.37 bits per heavy atom. The first-order chi connectivity index (χ1) is 14.5. The number of carbonyl (C=O) groups is 1. The molecule has 0 saturated heterocycles. The summed E-state index contributed by atoms with van der Waals surface area (Å²) in [6.45, 7) is 7.42. The summed E-state index contributed by atoms with van der Waals surface area (Å²) in [6.07, 6.45) is 2.82. The maximum atomic E-state index is 13.6. The van der Waals surface area contributed by atoms with Crippen molar-refractivity contribution in [1.29, 1.82) is 0 Å². The molecule has 3 aromatic rings. The third-order valence-electron chi connectivity index (χ3n) is 5.75. The van der Waals surface area contributed by atoms with E-state index in [1.54, 1.807) is 6.07 Å². The Balaban J connectivity index is 1.71.